The Morgan fingerprint density at radius 1 is 0.774 bits per heavy atom. The third-order valence-corrected chi connectivity index (χ3v) is 12.1. The third-order valence-electron chi connectivity index (χ3n) is 12.1. The minimum atomic E-state index is -0.107. The van der Waals surface area contributed by atoms with Crippen molar-refractivity contribution in [3.05, 3.63) is 186 Å². The summed E-state index contributed by atoms with van der Waals surface area (Å²) in [6.07, 6.45) is 14.9. The average Bonchev–Trinajstić information content (AvgIpc) is 3.55. The second-order valence-corrected chi connectivity index (χ2v) is 15.0. The SMILES string of the molecule is C=C/C=C(/C)[C@@H](NC(=NC)c1ccccc1)c1cccc2c3ccccc3c3ccc(C4CCC5C(C4)C4=CCCC=C4N5c4ccccc4)cc3c12. The molecule has 3 nitrogen and oxygen atoms in total. The molecule has 0 amide bonds. The molecule has 3 aliphatic rings. The summed E-state index contributed by atoms with van der Waals surface area (Å²) in [5.74, 6) is 1.92. The molecule has 2 fully saturated rings. The molecular formula is C50H47N3. The van der Waals surface area contributed by atoms with Crippen molar-refractivity contribution >= 4 is 43.8 Å². The molecule has 6 aromatic rings. The van der Waals surface area contributed by atoms with Crippen LogP contribution in [0.5, 0.6) is 0 Å². The largest absolute Gasteiger partial charge is 0.359 e. The zero-order valence-corrected chi connectivity index (χ0v) is 30.8. The van der Waals surface area contributed by atoms with E-state index < -0.39 is 0 Å². The third kappa shape index (κ3) is 5.80. The van der Waals surface area contributed by atoms with E-state index in [2.05, 4.69) is 163 Å². The molecule has 0 radical (unpaired) electrons. The fourth-order valence-electron chi connectivity index (χ4n) is 9.73. The molecule has 3 heteroatoms. The number of anilines is 1. The van der Waals surface area contributed by atoms with Gasteiger partial charge in [0, 0.05) is 36.0 Å². The molecule has 0 bridgehead atoms. The van der Waals surface area contributed by atoms with Crippen molar-refractivity contribution in [3.63, 3.8) is 0 Å². The van der Waals surface area contributed by atoms with E-state index in [-0.39, 0.29) is 6.04 Å². The monoisotopic (exact) mass is 689 g/mol. The zero-order chi connectivity index (χ0) is 35.9. The van der Waals surface area contributed by atoms with Crippen molar-refractivity contribution in [2.45, 2.75) is 57.0 Å². The maximum absolute atomic E-state index is 4.75. The van der Waals surface area contributed by atoms with E-state index >= 15 is 0 Å². The quantitative estimate of drug-likeness (QED) is 0.0782. The van der Waals surface area contributed by atoms with E-state index in [1.165, 1.54) is 79.7 Å². The Hall–Kier alpha value is -5.67. The van der Waals surface area contributed by atoms with Gasteiger partial charge in [-0.15, -0.1) is 0 Å². The van der Waals surface area contributed by atoms with Gasteiger partial charge in [0.1, 0.15) is 5.84 Å². The molecule has 6 aromatic carbocycles. The first-order chi connectivity index (χ1) is 26.1. The van der Waals surface area contributed by atoms with Crippen LogP contribution in [-0.2, 0) is 0 Å². The van der Waals surface area contributed by atoms with E-state index in [4.69, 9.17) is 4.99 Å². The average molecular weight is 690 g/mol. The van der Waals surface area contributed by atoms with Gasteiger partial charge in [0.25, 0.3) is 0 Å². The van der Waals surface area contributed by atoms with Crippen LogP contribution in [0.15, 0.2) is 174 Å². The first-order valence-electron chi connectivity index (χ1n) is 19.3. The van der Waals surface area contributed by atoms with Crippen LogP contribution in [0, 0.1) is 5.92 Å². The first kappa shape index (κ1) is 33.2. The number of nitrogens with zero attached hydrogens (tertiary/aromatic N) is 2. The van der Waals surface area contributed by atoms with Gasteiger partial charge in [-0.2, -0.15) is 0 Å². The molecule has 1 saturated heterocycles. The molecular weight excluding hydrogens is 643 g/mol. The van der Waals surface area contributed by atoms with Crippen molar-refractivity contribution in [1.82, 2.24) is 5.32 Å². The van der Waals surface area contributed by atoms with Gasteiger partial charge >= 0.3 is 0 Å². The molecule has 1 N–H and O–H groups in total. The second kappa shape index (κ2) is 14.0. The van der Waals surface area contributed by atoms with Crippen molar-refractivity contribution in [1.29, 1.82) is 0 Å². The highest BCUT2D eigenvalue weighted by Gasteiger charge is 2.45. The van der Waals surface area contributed by atoms with E-state index in [1.807, 2.05) is 13.1 Å². The van der Waals surface area contributed by atoms with Crippen LogP contribution in [0.1, 0.15) is 67.7 Å². The summed E-state index contributed by atoms with van der Waals surface area (Å²) in [5, 5.41) is 11.7. The number of para-hydroxylation sites is 1. The van der Waals surface area contributed by atoms with Gasteiger partial charge in [-0.1, -0.05) is 140 Å². The Kier molecular flexibility index (Phi) is 8.79. The van der Waals surface area contributed by atoms with Gasteiger partial charge in [0.05, 0.1) is 6.04 Å². The molecule has 2 aliphatic carbocycles. The fourth-order valence-corrected chi connectivity index (χ4v) is 9.73. The van der Waals surface area contributed by atoms with Crippen molar-refractivity contribution in [3.8, 4) is 0 Å². The molecule has 0 spiro atoms. The lowest BCUT2D eigenvalue weighted by Gasteiger charge is -2.36. The topological polar surface area (TPSA) is 27.6 Å². The number of allylic oxidation sites excluding steroid dienone is 5. The van der Waals surface area contributed by atoms with Crippen molar-refractivity contribution < 1.29 is 0 Å². The normalized spacial score (nSPS) is 20.9. The zero-order valence-electron chi connectivity index (χ0n) is 30.8. The summed E-state index contributed by atoms with van der Waals surface area (Å²) in [4.78, 5) is 7.43. The van der Waals surface area contributed by atoms with Gasteiger partial charge in [0.2, 0.25) is 0 Å². The van der Waals surface area contributed by atoms with Crippen molar-refractivity contribution in [2.24, 2.45) is 10.9 Å². The number of hydrogen-bond acceptors (Lipinski definition) is 2. The maximum atomic E-state index is 4.75. The highest BCUT2D eigenvalue weighted by Crippen LogP contribution is 2.52. The fraction of sp³-hybridized carbons (Fsp3) is 0.220. The summed E-state index contributed by atoms with van der Waals surface area (Å²) >= 11 is 0. The first-order valence-corrected chi connectivity index (χ1v) is 19.3. The van der Waals surface area contributed by atoms with Crippen LogP contribution >= 0.6 is 0 Å². The lowest BCUT2D eigenvalue weighted by molar-refractivity contribution is 0.335. The Labute approximate surface area is 313 Å². The number of fused-ring (bicyclic) bond motifs is 9. The molecule has 262 valence electrons. The summed E-state index contributed by atoms with van der Waals surface area (Å²) in [6, 6.07) is 45.2. The number of hydrogen-bond donors (Lipinski definition) is 1. The van der Waals surface area contributed by atoms with Crippen LogP contribution in [0.25, 0.3) is 32.3 Å². The van der Waals surface area contributed by atoms with Crippen LogP contribution < -0.4 is 10.2 Å². The Morgan fingerprint density at radius 3 is 2.25 bits per heavy atom. The minimum absolute atomic E-state index is 0.107. The molecule has 3 unspecified atom stereocenters. The van der Waals surface area contributed by atoms with Gasteiger partial charge < -0.3 is 10.2 Å². The number of nitrogens with one attached hydrogen (secondary N) is 1. The van der Waals surface area contributed by atoms with Gasteiger partial charge in [-0.05, 0) is 112 Å². The highest BCUT2D eigenvalue weighted by molar-refractivity contribution is 6.26. The number of aliphatic imine (C=N–C) groups is 1. The summed E-state index contributed by atoms with van der Waals surface area (Å²) in [7, 11) is 1.87. The van der Waals surface area contributed by atoms with Crippen LogP contribution in [0.3, 0.4) is 0 Å². The van der Waals surface area contributed by atoms with Gasteiger partial charge in [0.15, 0.2) is 0 Å². The molecule has 1 saturated carbocycles. The Balaban J connectivity index is 1.18. The predicted molar refractivity (Wildman–Crippen MR) is 226 cm³/mol. The van der Waals surface area contributed by atoms with E-state index in [1.54, 1.807) is 5.57 Å². The van der Waals surface area contributed by atoms with E-state index in [0.717, 1.165) is 24.2 Å². The number of amidine groups is 1. The summed E-state index contributed by atoms with van der Waals surface area (Å²) in [5.41, 5.74) is 9.36. The number of benzene rings is 6. The van der Waals surface area contributed by atoms with Gasteiger partial charge in [-0.3, -0.25) is 4.99 Å². The van der Waals surface area contributed by atoms with Crippen LogP contribution in [0.2, 0.25) is 0 Å². The summed E-state index contributed by atoms with van der Waals surface area (Å²) in [6.45, 7) is 6.28. The highest BCUT2D eigenvalue weighted by atomic mass is 15.2. The lowest BCUT2D eigenvalue weighted by atomic mass is 9.73. The number of rotatable bonds is 7. The van der Waals surface area contributed by atoms with Crippen LogP contribution in [-0.4, -0.2) is 18.9 Å². The summed E-state index contributed by atoms with van der Waals surface area (Å²) < 4.78 is 0. The smallest absolute Gasteiger partial charge is 0.128 e. The molecule has 0 aromatic heterocycles. The van der Waals surface area contributed by atoms with E-state index in [9.17, 15) is 0 Å². The van der Waals surface area contributed by atoms with Crippen LogP contribution in [0.4, 0.5) is 5.69 Å². The molecule has 53 heavy (non-hydrogen) atoms. The molecule has 4 atom stereocenters. The predicted octanol–water partition coefficient (Wildman–Crippen LogP) is 12.4. The minimum Gasteiger partial charge on any atom is -0.359 e. The molecule has 9 rings (SSSR count). The second-order valence-electron chi connectivity index (χ2n) is 15.0. The van der Waals surface area contributed by atoms with Crippen molar-refractivity contribution in [2.75, 3.05) is 11.9 Å². The molecule has 1 aliphatic heterocycles. The molecule has 1 heterocycles. The van der Waals surface area contributed by atoms with Gasteiger partial charge in [-0.25, -0.2) is 0 Å². The maximum Gasteiger partial charge on any atom is 0.128 e. The Bertz CT molecular complexity index is 2470. The van der Waals surface area contributed by atoms with E-state index in [0.29, 0.717) is 17.9 Å². The standard InChI is InChI=1S/C50H47N3/c1-4-16-33(2)49(52-50(51-3)34-17-7-5-8-18-34)43-25-15-24-42-39-22-12-11-21-38(39)40-29-27-35(32-45(40)48(42)43)36-28-30-47-44(31-36)41-23-13-14-26-46(41)53(47)37-19-9-6-10-20-37/h4-12,15-27,29,32,36,44,47,49H,1,13-14,28,30-31H2,2-3H3,(H,51,52)/b33-16-/t36?,44?,47?,49-/m1/s1. The Morgan fingerprint density at radius 2 is 1.47 bits per heavy atom. The lowest BCUT2D eigenvalue weighted by Crippen LogP contribution is -2.36.